The van der Waals surface area contributed by atoms with Gasteiger partial charge in [0.05, 0.1) is 5.69 Å². The third-order valence-corrected chi connectivity index (χ3v) is 14.3. The Labute approximate surface area is 349 Å². The molecule has 0 radical (unpaired) electrons. The molecular formula is C58H53N. The zero-order chi connectivity index (χ0) is 41.0. The highest BCUT2D eigenvalue weighted by atomic mass is 15.1. The average molecular weight is 764 g/mol. The molecule has 1 nitrogen and oxygen atoms in total. The van der Waals surface area contributed by atoms with E-state index in [4.69, 9.17) is 0 Å². The van der Waals surface area contributed by atoms with Crippen LogP contribution in [0.25, 0.3) is 65.3 Å². The molecule has 0 spiro atoms. The number of hydrogen-bond acceptors (Lipinski definition) is 1. The first-order chi connectivity index (χ1) is 28.0. The highest BCUT2D eigenvalue weighted by Crippen LogP contribution is 2.59. The molecule has 2 aliphatic rings. The number of rotatable bonds is 3. The van der Waals surface area contributed by atoms with Crippen molar-refractivity contribution < 1.29 is 0 Å². The van der Waals surface area contributed by atoms with Crippen LogP contribution in [0, 0.1) is 0 Å². The summed E-state index contributed by atoms with van der Waals surface area (Å²) in [5.41, 5.74) is 17.4. The van der Waals surface area contributed by atoms with Gasteiger partial charge >= 0.3 is 0 Å². The van der Waals surface area contributed by atoms with E-state index < -0.39 is 0 Å². The van der Waals surface area contributed by atoms with Crippen LogP contribution in [-0.2, 0) is 21.7 Å². The monoisotopic (exact) mass is 763 g/mol. The molecule has 0 N–H and O–H groups in total. The molecule has 9 aromatic carbocycles. The lowest BCUT2D eigenvalue weighted by atomic mass is 9.79. The van der Waals surface area contributed by atoms with Gasteiger partial charge in [0.1, 0.15) is 0 Å². The number of benzene rings is 9. The number of fused-ring (bicyclic) bond motifs is 9. The molecule has 0 bridgehead atoms. The van der Waals surface area contributed by atoms with E-state index in [1.165, 1.54) is 116 Å². The fraction of sp³-hybridized carbons (Fsp3) is 0.241. The minimum atomic E-state index is -0.151. The van der Waals surface area contributed by atoms with Crippen molar-refractivity contribution >= 4 is 60.2 Å². The topological polar surface area (TPSA) is 3.24 Å². The maximum absolute atomic E-state index is 2.58. The Kier molecular flexibility index (Phi) is 7.27. The van der Waals surface area contributed by atoms with Crippen LogP contribution in [0.1, 0.15) is 103 Å². The maximum Gasteiger partial charge on any atom is 0.0540 e. The first-order valence-corrected chi connectivity index (χ1v) is 21.5. The fourth-order valence-electron chi connectivity index (χ4n) is 10.9. The third-order valence-electron chi connectivity index (χ3n) is 14.3. The lowest BCUT2D eigenvalue weighted by Crippen LogP contribution is -2.17. The molecule has 290 valence electrons. The highest BCUT2D eigenvalue weighted by Gasteiger charge is 2.43. The standard InChI is InChI=1S/C58H53N/c1-55(2,3)37-19-23-39(24-20-37)59(40-25-21-38(22-26-40)56(4,5)6)50-30-18-35-15-28-43-52-36(16-27-42(50)51(35)52)31-49-54(43)45-33-47-44(32-48(45)58(49,9)10)53-41-14-12-11-13-34(41)17-29-46(53)57(47,7)8/h11-33H,1-10H3. The molecule has 0 atom stereocenters. The maximum atomic E-state index is 2.58. The first-order valence-electron chi connectivity index (χ1n) is 21.5. The molecule has 9 aromatic rings. The van der Waals surface area contributed by atoms with Gasteiger partial charge in [0.2, 0.25) is 0 Å². The zero-order valence-electron chi connectivity index (χ0n) is 36.2. The van der Waals surface area contributed by atoms with Gasteiger partial charge in [-0.1, -0.05) is 160 Å². The lowest BCUT2D eigenvalue weighted by Gasteiger charge is -2.29. The second-order valence-electron chi connectivity index (χ2n) is 20.6. The minimum Gasteiger partial charge on any atom is -0.310 e. The van der Waals surface area contributed by atoms with Crippen molar-refractivity contribution in [3.05, 3.63) is 173 Å². The van der Waals surface area contributed by atoms with Gasteiger partial charge in [0.15, 0.2) is 0 Å². The zero-order valence-corrected chi connectivity index (χ0v) is 36.2. The second-order valence-corrected chi connectivity index (χ2v) is 20.6. The molecule has 0 heterocycles. The smallest absolute Gasteiger partial charge is 0.0540 e. The summed E-state index contributed by atoms with van der Waals surface area (Å²) in [4.78, 5) is 2.47. The van der Waals surface area contributed by atoms with Crippen LogP contribution in [0.15, 0.2) is 140 Å². The Bertz CT molecular complexity index is 3140. The lowest BCUT2D eigenvalue weighted by molar-refractivity contribution is 0.590. The van der Waals surface area contributed by atoms with Gasteiger partial charge in [-0.25, -0.2) is 0 Å². The Balaban J connectivity index is 1.15. The van der Waals surface area contributed by atoms with Crippen molar-refractivity contribution in [3.8, 4) is 22.3 Å². The third kappa shape index (κ3) is 5.03. The summed E-state index contributed by atoms with van der Waals surface area (Å²) in [6, 6.07) is 54.0. The van der Waals surface area contributed by atoms with Crippen LogP contribution in [-0.4, -0.2) is 0 Å². The molecule has 2 aliphatic carbocycles. The molecule has 59 heavy (non-hydrogen) atoms. The summed E-state index contributed by atoms with van der Waals surface area (Å²) in [6.45, 7) is 23.5. The normalized spacial score (nSPS) is 15.2. The molecular weight excluding hydrogens is 711 g/mol. The highest BCUT2D eigenvalue weighted by molar-refractivity contribution is 6.29. The van der Waals surface area contributed by atoms with Crippen LogP contribution in [0.3, 0.4) is 0 Å². The molecule has 0 aromatic heterocycles. The van der Waals surface area contributed by atoms with Gasteiger partial charge in [-0.05, 0) is 153 Å². The van der Waals surface area contributed by atoms with E-state index in [0.717, 1.165) is 0 Å². The van der Waals surface area contributed by atoms with Crippen LogP contribution in [0.2, 0.25) is 0 Å². The summed E-state index contributed by atoms with van der Waals surface area (Å²) in [5.74, 6) is 0. The van der Waals surface area contributed by atoms with E-state index in [1.54, 1.807) is 0 Å². The van der Waals surface area contributed by atoms with E-state index in [2.05, 4.69) is 214 Å². The van der Waals surface area contributed by atoms with E-state index in [-0.39, 0.29) is 21.7 Å². The van der Waals surface area contributed by atoms with Crippen LogP contribution in [0.5, 0.6) is 0 Å². The van der Waals surface area contributed by atoms with E-state index in [9.17, 15) is 0 Å². The Morgan fingerprint density at radius 2 is 0.881 bits per heavy atom. The molecule has 0 amide bonds. The predicted octanol–water partition coefficient (Wildman–Crippen LogP) is 16.4. The summed E-state index contributed by atoms with van der Waals surface area (Å²) in [5, 5.41) is 10.6. The summed E-state index contributed by atoms with van der Waals surface area (Å²) >= 11 is 0. The van der Waals surface area contributed by atoms with Crippen molar-refractivity contribution in [2.45, 2.75) is 90.9 Å². The molecule has 0 aliphatic heterocycles. The van der Waals surface area contributed by atoms with Crippen molar-refractivity contribution in [1.82, 2.24) is 0 Å². The molecule has 0 saturated carbocycles. The van der Waals surface area contributed by atoms with Gasteiger partial charge in [-0.2, -0.15) is 0 Å². The largest absolute Gasteiger partial charge is 0.310 e. The number of nitrogens with zero attached hydrogens (tertiary/aromatic N) is 1. The van der Waals surface area contributed by atoms with E-state index in [1.807, 2.05) is 0 Å². The SMILES string of the molecule is CC(C)(C)c1ccc(N(c2ccc(C(C)(C)C)cc2)c2ccc3ccc4c5c(cc6ccc2c3c64)C(C)(C)c2cc3c(cc2-5)C(C)(C)c2ccc4ccccc4c2-3)cc1. The van der Waals surface area contributed by atoms with E-state index >= 15 is 0 Å². The Morgan fingerprint density at radius 1 is 0.390 bits per heavy atom. The molecule has 1 heteroatoms. The number of hydrogen-bond donors (Lipinski definition) is 0. The number of anilines is 3. The van der Waals surface area contributed by atoms with Crippen LogP contribution >= 0.6 is 0 Å². The van der Waals surface area contributed by atoms with Crippen molar-refractivity contribution in [3.63, 3.8) is 0 Å². The Hall–Kier alpha value is -5.92. The summed E-state index contributed by atoms with van der Waals surface area (Å²) < 4.78 is 0. The van der Waals surface area contributed by atoms with Gasteiger partial charge in [0, 0.05) is 27.6 Å². The van der Waals surface area contributed by atoms with Crippen LogP contribution in [0.4, 0.5) is 17.1 Å². The molecule has 0 saturated heterocycles. The van der Waals surface area contributed by atoms with Crippen molar-refractivity contribution in [1.29, 1.82) is 0 Å². The van der Waals surface area contributed by atoms with Gasteiger partial charge < -0.3 is 4.90 Å². The van der Waals surface area contributed by atoms with Crippen molar-refractivity contribution in [2.24, 2.45) is 0 Å². The van der Waals surface area contributed by atoms with E-state index in [0.29, 0.717) is 0 Å². The molecule has 0 unspecified atom stereocenters. The first kappa shape index (κ1) is 36.2. The second kappa shape index (κ2) is 11.9. The minimum absolute atomic E-state index is 0.0757. The average Bonchev–Trinajstić information content (AvgIpc) is 3.58. The molecule has 11 rings (SSSR count). The fourth-order valence-corrected chi connectivity index (χ4v) is 10.9. The van der Waals surface area contributed by atoms with Gasteiger partial charge in [-0.3, -0.25) is 0 Å². The van der Waals surface area contributed by atoms with Crippen LogP contribution < -0.4 is 4.90 Å². The molecule has 0 fully saturated rings. The van der Waals surface area contributed by atoms with Gasteiger partial charge in [-0.15, -0.1) is 0 Å². The predicted molar refractivity (Wildman–Crippen MR) is 255 cm³/mol. The van der Waals surface area contributed by atoms with Crippen molar-refractivity contribution in [2.75, 3.05) is 4.90 Å². The summed E-state index contributed by atoms with van der Waals surface area (Å²) in [7, 11) is 0. The summed E-state index contributed by atoms with van der Waals surface area (Å²) in [6.07, 6.45) is 0. The Morgan fingerprint density at radius 3 is 1.49 bits per heavy atom. The quantitative estimate of drug-likeness (QED) is 0.162. The van der Waals surface area contributed by atoms with Gasteiger partial charge in [0.25, 0.3) is 0 Å².